The van der Waals surface area contributed by atoms with Crippen molar-refractivity contribution in [3.05, 3.63) is 18.3 Å². The van der Waals surface area contributed by atoms with Crippen molar-refractivity contribution >= 4 is 5.82 Å². The minimum Gasteiger partial charge on any atom is -0.357 e. The second-order valence-corrected chi connectivity index (χ2v) is 3.94. The van der Waals surface area contributed by atoms with Crippen LogP contribution in [0.1, 0.15) is 13.3 Å². The van der Waals surface area contributed by atoms with Gasteiger partial charge in [0.1, 0.15) is 12.1 Å². The molecule has 0 aliphatic carbocycles. The van der Waals surface area contributed by atoms with E-state index in [1.54, 1.807) is 0 Å². The molecule has 1 heterocycles. The van der Waals surface area contributed by atoms with Gasteiger partial charge in [0, 0.05) is 19.2 Å². The van der Waals surface area contributed by atoms with E-state index in [1.165, 1.54) is 12.4 Å². The Labute approximate surface area is 96.1 Å². The zero-order valence-corrected chi connectivity index (χ0v) is 10.1. The molecule has 0 N–H and O–H groups in total. The van der Waals surface area contributed by atoms with Crippen LogP contribution in [-0.2, 0) is 0 Å². The summed E-state index contributed by atoms with van der Waals surface area (Å²) in [6.45, 7) is 4.76. The summed E-state index contributed by atoms with van der Waals surface area (Å²) in [6.07, 6.45) is 2.30. The van der Waals surface area contributed by atoms with E-state index in [1.807, 2.05) is 25.9 Å². The molecular formula is C11H19FN4. The number of hydrogen-bond donors (Lipinski definition) is 0. The van der Waals surface area contributed by atoms with Crippen molar-refractivity contribution in [3.8, 4) is 0 Å². The summed E-state index contributed by atoms with van der Waals surface area (Å²) in [5.74, 6) is 0.185. The molecular weight excluding hydrogens is 207 g/mol. The molecule has 0 fully saturated rings. The monoisotopic (exact) mass is 226 g/mol. The topological polar surface area (TPSA) is 32.3 Å². The van der Waals surface area contributed by atoms with Crippen LogP contribution >= 0.6 is 0 Å². The summed E-state index contributed by atoms with van der Waals surface area (Å²) in [5, 5.41) is 0. The lowest BCUT2D eigenvalue weighted by molar-refractivity contribution is 0.400. The molecule has 0 atom stereocenters. The van der Waals surface area contributed by atoms with Crippen LogP contribution in [0.5, 0.6) is 0 Å². The smallest absolute Gasteiger partial charge is 0.218 e. The minimum atomic E-state index is -0.476. The van der Waals surface area contributed by atoms with Gasteiger partial charge in [-0.3, -0.25) is 0 Å². The predicted octanol–water partition coefficient (Wildman–Crippen LogP) is 1.39. The number of rotatable bonds is 6. The van der Waals surface area contributed by atoms with E-state index in [0.717, 1.165) is 26.1 Å². The lowest BCUT2D eigenvalue weighted by Gasteiger charge is -2.22. The summed E-state index contributed by atoms with van der Waals surface area (Å²) in [5.41, 5.74) is 0. The lowest BCUT2D eigenvalue weighted by atomic mass is 10.3. The molecule has 90 valence electrons. The predicted molar refractivity (Wildman–Crippen MR) is 63.0 cm³/mol. The van der Waals surface area contributed by atoms with Crippen LogP contribution in [0.15, 0.2) is 12.4 Å². The first kappa shape index (κ1) is 12.8. The highest BCUT2D eigenvalue weighted by atomic mass is 19.1. The zero-order valence-electron chi connectivity index (χ0n) is 10.1. The standard InChI is InChI=1S/C11H19FN4/c1-4-16(7-5-6-15(2)3)11-8-10(12)13-9-14-11/h8-9H,4-7H2,1-3H3. The highest BCUT2D eigenvalue weighted by Crippen LogP contribution is 2.10. The molecule has 0 saturated heterocycles. The number of hydrogen-bond acceptors (Lipinski definition) is 4. The summed E-state index contributed by atoms with van der Waals surface area (Å²) < 4.78 is 12.9. The van der Waals surface area contributed by atoms with E-state index in [4.69, 9.17) is 0 Å². The van der Waals surface area contributed by atoms with Crippen LogP contribution in [0.25, 0.3) is 0 Å². The van der Waals surface area contributed by atoms with Crippen LogP contribution in [0, 0.1) is 5.95 Å². The molecule has 0 aromatic carbocycles. The number of aromatic nitrogens is 2. The third-order valence-corrected chi connectivity index (χ3v) is 2.36. The Balaban J connectivity index is 2.53. The van der Waals surface area contributed by atoms with Gasteiger partial charge in [-0.25, -0.2) is 9.97 Å². The molecule has 0 saturated carbocycles. The Kier molecular flexibility index (Phi) is 5.11. The molecule has 0 radical (unpaired) electrons. The summed E-state index contributed by atoms with van der Waals surface area (Å²) in [6, 6.07) is 1.37. The van der Waals surface area contributed by atoms with Crippen molar-refractivity contribution in [2.24, 2.45) is 0 Å². The van der Waals surface area contributed by atoms with E-state index in [-0.39, 0.29) is 0 Å². The van der Waals surface area contributed by atoms with Crippen molar-refractivity contribution in [3.63, 3.8) is 0 Å². The third kappa shape index (κ3) is 4.10. The van der Waals surface area contributed by atoms with Crippen molar-refractivity contribution < 1.29 is 4.39 Å². The second kappa shape index (κ2) is 6.37. The van der Waals surface area contributed by atoms with Gasteiger partial charge in [-0.1, -0.05) is 0 Å². The van der Waals surface area contributed by atoms with E-state index >= 15 is 0 Å². The number of nitrogens with zero attached hydrogens (tertiary/aromatic N) is 4. The van der Waals surface area contributed by atoms with Crippen LogP contribution in [0.4, 0.5) is 10.2 Å². The molecule has 0 spiro atoms. The molecule has 0 unspecified atom stereocenters. The normalized spacial score (nSPS) is 10.8. The van der Waals surface area contributed by atoms with Crippen LogP contribution in [-0.4, -0.2) is 48.6 Å². The van der Waals surface area contributed by atoms with E-state index in [9.17, 15) is 4.39 Å². The molecule has 0 aliphatic rings. The fourth-order valence-corrected chi connectivity index (χ4v) is 1.51. The number of halogens is 1. The van der Waals surface area contributed by atoms with Crippen LogP contribution in [0.2, 0.25) is 0 Å². The van der Waals surface area contributed by atoms with E-state index in [0.29, 0.717) is 5.82 Å². The third-order valence-electron chi connectivity index (χ3n) is 2.36. The first-order chi connectivity index (χ1) is 7.63. The van der Waals surface area contributed by atoms with Gasteiger partial charge in [-0.05, 0) is 34.0 Å². The maximum Gasteiger partial charge on any atom is 0.218 e. The maximum atomic E-state index is 12.9. The Morgan fingerprint density at radius 3 is 2.56 bits per heavy atom. The maximum absolute atomic E-state index is 12.9. The van der Waals surface area contributed by atoms with Gasteiger partial charge in [-0.15, -0.1) is 0 Å². The highest BCUT2D eigenvalue weighted by Gasteiger charge is 2.06. The van der Waals surface area contributed by atoms with Gasteiger partial charge in [0.2, 0.25) is 5.95 Å². The molecule has 4 nitrogen and oxygen atoms in total. The lowest BCUT2D eigenvalue weighted by Crippen LogP contribution is -2.27. The minimum absolute atomic E-state index is 0.476. The average molecular weight is 226 g/mol. The van der Waals surface area contributed by atoms with Gasteiger partial charge < -0.3 is 9.80 Å². The first-order valence-corrected chi connectivity index (χ1v) is 5.50. The Hall–Kier alpha value is -1.23. The van der Waals surface area contributed by atoms with Crippen molar-refractivity contribution in [2.75, 3.05) is 38.6 Å². The molecule has 0 amide bonds. The molecule has 5 heteroatoms. The zero-order chi connectivity index (χ0) is 12.0. The summed E-state index contributed by atoms with van der Waals surface area (Å²) >= 11 is 0. The Morgan fingerprint density at radius 2 is 2.00 bits per heavy atom. The quantitative estimate of drug-likeness (QED) is 0.686. The largest absolute Gasteiger partial charge is 0.357 e. The highest BCUT2D eigenvalue weighted by molar-refractivity contribution is 5.36. The van der Waals surface area contributed by atoms with Gasteiger partial charge in [0.25, 0.3) is 0 Å². The van der Waals surface area contributed by atoms with E-state index in [2.05, 4.69) is 14.9 Å². The van der Waals surface area contributed by atoms with Crippen LogP contribution < -0.4 is 4.90 Å². The van der Waals surface area contributed by atoms with Crippen molar-refractivity contribution in [1.82, 2.24) is 14.9 Å². The van der Waals surface area contributed by atoms with E-state index < -0.39 is 5.95 Å². The summed E-state index contributed by atoms with van der Waals surface area (Å²) in [7, 11) is 4.08. The average Bonchev–Trinajstić information content (AvgIpc) is 2.24. The molecule has 1 rings (SSSR count). The van der Waals surface area contributed by atoms with Gasteiger partial charge >= 0.3 is 0 Å². The van der Waals surface area contributed by atoms with Gasteiger partial charge in [-0.2, -0.15) is 4.39 Å². The molecule has 1 aromatic heterocycles. The first-order valence-electron chi connectivity index (χ1n) is 5.50. The van der Waals surface area contributed by atoms with Gasteiger partial charge in [0.05, 0.1) is 0 Å². The molecule has 0 bridgehead atoms. The second-order valence-electron chi connectivity index (χ2n) is 3.94. The Morgan fingerprint density at radius 1 is 1.25 bits per heavy atom. The van der Waals surface area contributed by atoms with Crippen molar-refractivity contribution in [2.45, 2.75) is 13.3 Å². The summed E-state index contributed by atoms with van der Waals surface area (Å²) in [4.78, 5) is 11.7. The molecule has 0 aliphatic heterocycles. The van der Waals surface area contributed by atoms with Crippen LogP contribution in [0.3, 0.4) is 0 Å². The number of anilines is 1. The van der Waals surface area contributed by atoms with Crippen molar-refractivity contribution in [1.29, 1.82) is 0 Å². The fourth-order valence-electron chi connectivity index (χ4n) is 1.51. The fraction of sp³-hybridized carbons (Fsp3) is 0.636. The van der Waals surface area contributed by atoms with Gasteiger partial charge in [0.15, 0.2) is 0 Å². The molecule has 1 aromatic rings. The SMILES string of the molecule is CCN(CCCN(C)C)c1cc(F)ncn1. The Bertz CT molecular complexity index is 317. The molecule has 16 heavy (non-hydrogen) atoms.